The van der Waals surface area contributed by atoms with Crippen LogP contribution >= 0.6 is 15.9 Å². The Kier molecular flexibility index (Phi) is 4.66. The van der Waals surface area contributed by atoms with Crippen LogP contribution in [0.1, 0.15) is 18.1 Å². The van der Waals surface area contributed by atoms with E-state index >= 15 is 0 Å². The lowest BCUT2D eigenvalue weighted by Gasteiger charge is -2.25. The molecule has 0 unspecified atom stereocenters. The zero-order valence-corrected chi connectivity index (χ0v) is 13.2. The Morgan fingerprint density at radius 1 is 1.42 bits per heavy atom. The van der Waals surface area contributed by atoms with E-state index in [1.54, 1.807) is 0 Å². The molecule has 0 aliphatic carbocycles. The topological polar surface area (TPSA) is 57.6 Å². The summed E-state index contributed by atoms with van der Waals surface area (Å²) in [6.07, 6.45) is 0.0627. The van der Waals surface area contributed by atoms with Crippen LogP contribution in [0.25, 0.3) is 0 Å². The van der Waals surface area contributed by atoms with Crippen molar-refractivity contribution in [2.24, 2.45) is 0 Å². The molecule has 1 N–H and O–H groups in total. The number of likely N-dealkylation sites (N-methyl/N-ethyl adjacent to an activating group) is 1. The van der Waals surface area contributed by atoms with Crippen molar-refractivity contribution in [3.8, 4) is 0 Å². The van der Waals surface area contributed by atoms with E-state index in [-0.39, 0.29) is 17.5 Å². The number of benzene rings is 1. The van der Waals surface area contributed by atoms with Crippen LogP contribution in [0.3, 0.4) is 0 Å². The maximum absolute atomic E-state index is 11.4. The molecule has 6 heteroatoms. The number of aliphatic hydroxyl groups excluding tert-OH is 1. The van der Waals surface area contributed by atoms with E-state index in [4.69, 9.17) is 0 Å². The standard InChI is InChI=1S/C13H18BrNO3S/c1-15(12-6-7-19(17,18)9-12)8-13(16)10-2-4-11(14)5-3-10/h2-5,12-13,16H,6-9H2,1H3/t12-,13-/m0/s1. The largest absolute Gasteiger partial charge is 0.387 e. The van der Waals surface area contributed by atoms with E-state index in [1.165, 1.54) is 0 Å². The summed E-state index contributed by atoms with van der Waals surface area (Å²) in [6, 6.07) is 7.54. The Balaban J connectivity index is 1.95. The summed E-state index contributed by atoms with van der Waals surface area (Å²) in [5.74, 6) is 0.465. The van der Waals surface area contributed by atoms with Crippen molar-refractivity contribution in [2.45, 2.75) is 18.6 Å². The smallest absolute Gasteiger partial charge is 0.151 e. The normalized spacial score (nSPS) is 23.7. The van der Waals surface area contributed by atoms with Gasteiger partial charge in [0.2, 0.25) is 0 Å². The molecule has 1 saturated heterocycles. The Morgan fingerprint density at radius 3 is 2.58 bits per heavy atom. The van der Waals surface area contributed by atoms with Gasteiger partial charge in [0.05, 0.1) is 17.6 Å². The zero-order chi connectivity index (χ0) is 14.0. The number of hydrogen-bond acceptors (Lipinski definition) is 4. The molecule has 0 spiro atoms. The molecule has 1 fully saturated rings. The van der Waals surface area contributed by atoms with E-state index in [0.29, 0.717) is 13.0 Å². The minimum Gasteiger partial charge on any atom is -0.387 e. The van der Waals surface area contributed by atoms with Crippen LogP contribution in [0.5, 0.6) is 0 Å². The van der Waals surface area contributed by atoms with Crippen LogP contribution in [0, 0.1) is 0 Å². The summed E-state index contributed by atoms with van der Waals surface area (Å²) in [5, 5.41) is 10.2. The third-order valence-electron chi connectivity index (χ3n) is 3.55. The molecule has 4 nitrogen and oxygen atoms in total. The van der Waals surface area contributed by atoms with Gasteiger partial charge in [-0.25, -0.2) is 8.42 Å². The molecule has 1 aromatic rings. The molecule has 1 heterocycles. The van der Waals surface area contributed by atoms with E-state index in [1.807, 2.05) is 36.2 Å². The maximum atomic E-state index is 11.4. The summed E-state index contributed by atoms with van der Waals surface area (Å²) in [5.41, 5.74) is 0.843. The van der Waals surface area contributed by atoms with Gasteiger partial charge in [0.25, 0.3) is 0 Å². The molecule has 1 aliphatic rings. The highest BCUT2D eigenvalue weighted by Gasteiger charge is 2.31. The lowest BCUT2D eigenvalue weighted by molar-refractivity contribution is 0.110. The number of aliphatic hydroxyl groups is 1. The van der Waals surface area contributed by atoms with Gasteiger partial charge in [0.15, 0.2) is 9.84 Å². The molecular weight excluding hydrogens is 330 g/mol. The van der Waals surface area contributed by atoms with Crippen molar-refractivity contribution in [3.63, 3.8) is 0 Å². The highest BCUT2D eigenvalue weighted by atomic mass is 79.9. The number of nitrogens with zero attached hydrogens (tertiary/aromatic N) is 1. The average Bonchev–Trinajstić information content (AvgIpc) is 2.70. The molecule has 0 bridgehead atoms. The van der Waals surface area contributed by atoms with Crippen molar-refractivity contribution in [1.82, 2.24) is 4.90 Å². The van der Waals surface area contributed by atoms with Crippen LogP contribution in [0.4, 0.5) is 0 Å². The summed E-state index contributed by atoms with van der Waals surface area (Å²) >= 11 is 3.35. The monoisotopic (exact) mass is 347 g/mol. The highest BCUT2D eigenvalue weighted by Crippen LogP contribution is 2.21. The fourth-order valence-electron chi connectivity index (χ4n) is 2.34. The SMILES string of the molecule is CN(C[C@H](O)c1ccc(Br)cc1)[C@H]1CCS(=O)(=O)C1. The minimum atomic E-state index is -2.88. The minimum absolute atomic E-state index is 0.0232. The number of halogens is 1. The summed E-state index contributed by atoms with van der Waals surface area (Å²) < 4.78 is 23.9. The van der Waals surface area contributed by atoms with Gasteiger partial charge in [0, 0.05) is 17.1 Å². The van der Waals surface area contributed by atoms with Gasteiger partial charge in [0.1, 0.15) is 0 Å². The predicted molar refractivity (Wildman–Crippen MR) is 78.8 cm³/mol. The molecular formula is C13H18BrNO3S. The molecule has 0 saturated carbocycles. The van der Waals surface area contributed by atoms with E-state index in [2.05, 4.69) is 15.9 Å². The third-order valence-corrected chi connectivity index (χ3v) is 5.83. The fourth-order valence-corrected chi connectivity index (χ4v) is 4.40. The Hall–Kier alpha value is -0.430. The molecule has 106 valence electrons. The Labute approximate surface area is 122 Å². The first-order chi connectivity index (χ1) is 8.87. The first-order valence-corrected chi connectivity index (χ1v) is 8.83. The van der Waals surface area contributed by atoms with E-state index in [0.717, 1.165) is 10.0 Å². The highest BCUT2D eigenvalue weighted by molar-refractivity contribution is 9.10. The molecule has 1 aromatic carbocycles. The van der Waals surface area contributed by atoms with Crippen molar-refractivity contribution < 1.29 is 13.5 Å². The lowest BCUT2D eigenvalue weighted by Crippen LogP contribution is -2.35. The van der Waals surface area contributed by atoms with Crippen LogP contribution in [-0.2, 0) is 9.84 Å². The van der Waals surface area contributed by atoms with Gasteiger partial charge in [-0.1, -0.05) is 28.1 Å². The second kappa shape index (κ2) is 5.91. The molecule has 1 aliphatic heterocycles. The first-order valence-electron chi connectivity index (χ1n) is 6.21. The maximum Gasteiger partial charge on any atom is 0.151 e. The third kappa shape index (κ3) is 4.02. The second-order valence-corrected chi connectivity index (χ2v) is 8.21. The van der Waals surface area contributed by atoms with Crippen molar-refractivity contribution in [3.05, 3.63) is 34.3 Å². The Bertz CT molecular complexity index is 529. The number of sulfone groups is 1. The molecule has 0 aromatic heterocycles. The number of hydrogen-bond donors (Lipinski definition) is 1. The summed E-state index contributed by atoms with van der Waals surface area (Å²) in [4.78, 5) is 1.94. The second-order valence-electron chi connectivity index (χ2n) is 5.06. The summed E-state index contributed by atoms with van der Waals surface area (Å²) in [6.45, 7) is 0.446. The molecule has 0 amide bonds. The van der Waals surface area contributed by atoms with Crippen LogP contribution < -0.4 is 0 Å². The van der Waals surface area contributed by atoms with Gasteiger partial charge < -0.3 is 5.11 Å². The molecule has 2 atom stereocenters. The van der Waals surface area contributed by atoms with Gasteiger partial charge in [-0.15, -0.1) is 0 Å². The van der Waals surface area contributed by atoms with Crippen molar-refractivity contribution in [1.29, 1.82) is 0 Å². The van der Waals surface area contributed by atoms with E-state index < -0.39 is 15.9 Å². The van der Waals surface area contributed by atoms with Crippen LogP contribution in [0.2, 0.25) is 0 Å². The first kappa shape index (κ1) is 15.0. The van der Waals surface area contributed by atoms with Crippen LogP contribution in [-0.4, -0.2) is 49.6 Å². The molecule has 19 heavy (non-hydrogen) atoms. The van der Waals surface area contributed by atoms with Gasteiger partial charge in [-0.05, 0) is 31.2 Å². The van der Waals surface area contributed by atoms with Crippen LogP contribution in [0.15, 0.2) is 28.7 Å². The fraction of sp³-hybridized carbons (Fsp3) is 0.538. The van der Waals surface area contributed by atoms with Crippen molar-refractivity contribution in [2.75, 3.05) is 25.1 Å². The lowest BCUT2D eigenvalue weighted by atomic mass is 10.1. The van der Waals surface area contributed by atoms with Gasteiger partial charge in [-0.3, -0.25) is 4.90 Å². The number of rotatable bonds is 4. The Morgan fingerprint density at radius 2 is 2.05 bits per heavy atom. The van der Waals surface area contributed by atoms with Crippen molar-refractivity contribution >= 4 is 25.8 Å². The predicted octanol–water partition coefficient (Wildman–Crippen LogP) is 1.60. The quantitative estimate of drug-likeness (QED) is 0.898. The van der Waals surface area contributed by atoms with E-state index in [9.17, 15) is 13.5 Å². The molecule has 0 radical (unpaired) electrons. The van der Waals surface area contributed by atoms with Gasteiger partial charge in [-0.2, -0.15) is 0 Å². The van der Waals surface area contributed by atoms with Gasteiger partial charge >= 0.3 is 0 Å². The zero-order valence-electron chi connectivity index (χ0n) is 10.8. The average molecular weight is 348 g/mol. The summed E-state index contributed by atoms with van der Waals surface area (Å²) in [7, 11) is -1.01. The molecule has 2 rings (SSSR count).